The summed E-state index contributed by atoms with van der Waals surface area (Å²) in [6, 6.07) is 7.15. The van der Waals surface area contributed by atoms with Crippen LogP contribution >= 0.6 is 0 Å². The van der Waals surface area contributed by atoms with Gasteiger partial charge in [0.1, 0.15) is 10.7 Å². The van der Waals surface area contributed by atoms with Crippen molar-refractivity contribution in [1.29, 1.82) is 0 Å². The van der Waals surface area contributed by atoms with Gasteiger partial charge in [0.2, 0.25) is 0 Å². The van der Waals surface area contributed by atoms with Crippen molar-refractivity contribution in [3.63, 3.8) is 0 Å². The maximum absolute atomic E-state index is 12.8. The Kier molecular flexibility index (Phi) is 8.53. The van der Waals surface area contributed by atoms with E-state index in [4.69, 9.17) is 0 Å². The molecule has 2 heterocycles. The van der Waals surface area contributed by atoms with E-state index in [9.17, 15) is 53.6 Å². The van der Waals surface area contributed by atoms with Gasteiger partial charge in [-0.25, -0.2) is 4.39 Å². The van der Waals surface area contributed by atoms with E-state index in [0.717, 1.165) is 36.4 Å². The highest BCUT2D eigenvalue weighted by molar-refractivity contribution is 7.87. The zero-order valence-electron chi connectivity index (χ0n) is 19.3. The Bertz CT molecular complexity index is 1490. The number of carbonyl (C=O) groups excluding carboxylic acids is 4. The van der Waals surface area contributed by atoms with Gasteiger partial charge in [-0.05, 0) is 36.4 Å². The van der Waals surface area contributed by atoms with Crippen LogP contribution in [0.2, 0.25) is 0 Å². The van der Waals surface area contributed by atoms with E-state index < -0.39 is 66.3 Å². The maximum atomic E-state index is 12.8. The SMILES string of the molecule is O=C1CCC(=O)N1OS(=O)(=O)c1ccc(F)cc1.O=C1CCC(=O)N1OS(=O)(=O)c1ccccc1C(F)(F)F. The molecule has 18 heteroatoms. The first kappa shape index (κ1) is 29.8. The number of rotatable bonds is 6. The first-order valence-corrected chi connectivity index (χ1v) is 13.4. The van der Waals surface area contributed by atoms with Crippen molar-refractivity contribution in [1.82, 2.24) is 10.1 Å². The normalized spacial score (nSPS) is 16.5. The van der Waals surface area contributed by atoms with Crippen molar-refractivity contribution in [3.05, 3.63) is 59.9 Å². The molecule has 210 valence electrons. The first-order chi connectivity index (χ1) is 18.0. The number of amides is 4. The fourth-order valence-corrected chi connectivity index (χ4v) is 5.14. The van der Waals surface area contributed by atoms with Crippen LogP contribution in [0.1, 0.15) is 31.2 Å². The molecule has 2 aliphatic heterocycles. The van der Waals surface area contributed by atoms with E-state index in [2.05, 4.69) is 8.57 Å². The van der Waals surface area contributed by atoms with Gasteiger partial charge in [0.05, 0.1) is 10.5 Å². The van der Waals surface area contributed by atoms with Crippen molar-refractivity contribution in [3.8, 4) is 0 Å². The standard InChI is InChI=1S/C11H8F3NO5S.C10H8FNO5S/c12-11(13,14)7-3-1-2-4-8(7)21(18,19)20-15-9(16)5-6-10(15)17;11-7-1-3-8(4-2-7)18(15,16)17-12-9(13)5-6-10(12)14/h1-4H,5-6H2;1-4H,5-6H2. The van der Waals surface area contributed by atoms with Crippen molar-refractivity contribution in [2.75, 3.05) is 0 Å². The van der Waals surface area contributed by atoms with E-state index in [1.807, 2.05) is 0 Å². The lowest BCUT2D eigenvalue weighted by atomic mass is 10.2. The highest BCUT2D eigenvalue weighted by Crippen LogP contribution is 2.35. The molecule has 2 aromatic rings. The largest absolute Gasteiger partial charge is 0.417 e. The number of hydrogen-bond donors (Lipinski definition) is 0. The first-order valence-electron chi connectivity index (χ1n) is 10.6. The Labute approximate surface area is 217 Å². The number of nitrogens with zero attached hydrogens (tertiary/aromatic N) is 2. The predicted octanol–water partition coefficient (Wildman–Crippen LogP) is 2.07. The topological polar surface area (TPSA) is 161 Å². The molecule has 2 fully saturated rings. The molecule has 4 rings (SSSR count). The van der Waals surface area contributed by atoms with Crippen LogP contribution in [0.3, 0.4) is 0 Å². The molecule has 0 saturated carbocycles. The summed E-state index contributed by atoms with van der Waals surface area (Å²) in [6.07, 6.45) is -5.61. The highest BCUT2D eigenvalue weighted by Gasteiger charge is 2.41. The van der Waals surface area contributed by atoms with Crippen LogP contribution in [0.25, 0.3) is 0 Å². The van der Waals surface area contributed by atoms with Gasteiger partial charge >= 0.3 is 26.4 Å². The Morgan fingerprint density at radius 1 is 0.641 bits per heavy atom. The quantitative estimate of drug-likeness (QED) is 0.357. The predicted molar refractivity (Wildman–Crippen MR) is 117 cm³/mol. The second kappa shape index (κ2) is 11.2. The second-order valence-electron chi connectivity index (χ2n) is 7.67. The van der Waals surface area contributed by atoms with Crippen LogP contribution in [0.5, 0.6) is 0 Å². The van der Waals surface area contributed by atoms with Crippen LogP contribution < -0.4 is 0 Å². The molecule has 0 N–H and O–H groups in total. The molecule has 2 saturated heterocycles. The van der Waals surface area contributed by atoms with Gasteiger partial charge < -0.3 is 0 Å². The molecule has 39 heavy (non-hydrogen) atoms. The zero-order valence-corrected chi connectivity index (χ0v) is 20.9. The number of hydrogen-bond acceptors (Lipinski definition) is 10. The number of imide groups is 2. The monoisotopic (exact) mass is 596 g/mol. The van der Waals surface area contributed by atoms with Gasteiger partial charge in [-0.2, -0.15) is 30.0 Å². The Morgan fingerprint density at radius 3 is 1.49 bits per heavy atom. The molecule has 0 unspecified atom stereocenters. The fraction of sp³-hybridized carbons (Fsp3) is 0.238. The smallest absolute Gasteiger partial charge is 0.272 e. The summed E-state index contributed by atoms with van der Waals surface area (Å²) in [5.41, 5.74) is -1.44. The van der Waals surface area contributed by atoms with Gasteiger partial charge in [-0.15, -0.1) is 18.7 Å². The molecule has 0 aromatic heterocycles. The Balaban J connectivity index is 0.000000218. The summed E-state index contributed by atoms with van der Waals surface area (Å²) in [4.78, 5) is 43.4. The summed E-state index contributed by atoms with van der Waals surface area (Å²) >= 11 is 0. The minimum Gasteiger partial charge on any atom is -0.272 e. The van der Waals surface area contributed by atoms with Crippen molar-refractivity contribution >= 4 is 43.9 Å². The van der Waals surface area contributed by atoms with Crippen LogP contribution in [0, 0.1) is 5.82 Å². The molecule has 0 spiro atoms. The Morgan fingerprint density at radius 2 is 1.05 bits per heavy atom. The van der Waals surface area contributed by atoms with Crippen molar-refractivity contribution in [2.45, 2.75) is 41.7 Å². The van der Waals surface area contributed by atoms with E-state index >= 15 is 0 Å². The molecule has 12 nitrogen and oxygen atoms in total. The van der Waals surface area contributed by atoms with E-state index in [0.29, 0.717) is 12.1 Å². The van der Waals surface area contributed by atoms with Gasteiger partial charge in [0.15, 0.2) is 0 Å². The molecule has 0 aliphatic carbocycles. The lowest BCUT2D eigenvalue weighted by Crippen LogP contribution is -2.32. The van der Waals surface area contributed by atoms with Crippen LogP contribution in [-0.4, -0.2) is 50.6 Å². The lowest BCUT2D eigenvalue weighted by Gasteiger charge is -2.16. The number of alkyl halides is 3. The lowest BCUT2D eigenvalue weighted by molar-refractivity contribution is -0.164. The van der Waals surface area contributed by atoms with Gasteiger partial charge in [-0.1, -0.05) is 12.1 Å². The Hall–Kier alpha value is -3.74. The van der Waals surface area contributed by atoms with Gasteiger partial charge in [0, 0.05) is 25.7 Å². The molecular formula is C21H16F4N2O10S2. The average molecular weight is 596 g/mol. The van der Waals surface area contributed by atoms with Crippen LogP contribution in [0.15, 0.2) is 58.3 Å². The van der Waals surface area contributed by atoms with E-state index in [1.165, 1.54) is 0 Å². The fourth-order valence-electron chi connectivity index (χ4n) is 3.08. The third-order valence-electron chi connectivity index (χ3n) is 4.92. The van der Waals surface area contributed by atoms with E-state index in [-0.39, 0.29) is 40.7 Å². The molecule has 4 amide bonds. The molecule has 0 bridgehead atoms. The number of benzene rings is 2. The van der Waals surface area contributed by atoms with Crippen LogP contribution in [0.4, 0.5) is 17.6 Å². The number of halogens is 4. The summed E-state index contributed by atoms with van der Waals surface area (Å²) in [7, 11) is -9.27. The van der Waals surface area contributed by atoms with E-state index in [1.54, 1.807) is 0 Å². The number of hydroxylamine groups is 4. The van der Waals surface area contributed by atoms with Crippen LogP contribution in [-0.2, 0) is 54.2 Å². The maximum Gasteiger partial charge on any atom is 0.417 e. The zero-order chi connectivity index (χ0) is 29.2. The summed E-state index contributed by atoms with van der Waals surface area (Å²) in [5.74, 6) is -3.89. The second-order valence-corrected chi connectivity index (χ2v) is 10.7. The molecule has 0 atom stereocenters. The molecule has 2 aromatic carbocycles. The van der Waals surface area contributed by atoms with Crippen molar-refractivity contribution < 1.29 is 62.1 Å². The average Bonchev–Trinajstić information content (AvgIpc) is 3.34. The van der Waals surface area contributed by atoms with Crippen molar-refractivity contribution in [2.24, 2.45) is 0 Å². The minimum atomic E-state index is -4.96. The summed E-state index contributed by atoms with van der Waals surface area (Å²) in [6.45, 7) is 0. The minimum absolute atomic E-state index is 0.0253. The molecule has 0 radical (unpaired) electrons. The van der Waals surface area contributed by atoms with Gasteiger partial charge in [-0.3, -0.25) is 19.2 Å². The number of carbonyl (C=O) groups is 4. The molecule has 2 aliphatic rings. The summed E-state index contributed by atoms with van der Waals surface area (Å²) in [5, 5.41) is 0.196. The third kappa shape index (κ3) is 7.02. The molecular weight excluding hydrogens is 580 g/mol. The third-order valence-corrected chi connectivity index (χ3v) is 7.36. The highest BCUT2D eigenvalue weighted by atomic mass is 32.2. The van der Waals surface area contributed by atoms with Gasteiger partial charge in [0.25, 0.3) is 23.6 Å². The summed E-state index contributed by atoms with van der Waals surface area (Å²) < 4.78 is 107.